The lowest BCUT2D eigenvalue weighted by Gasteiger charge is -2.36. The quantitative estimate of drug-likeness (QED) is 0.0839. The molecule has 9 rings (SSSR count). The summed E-state index contributed by atoms with van der Waals surface area (Å²) in [4.78, 5) is 23.0. The summed E-state index contributed by atoms with van der Waals surface area (Å²) in [6.45, 7) is -0.354. The van der Waals surface area contributed by atoms with Gasteiger partial charge in [-0.25, -0.2) is 22.8 Å². The Morgan fingerprint density at radius 2 is 1.35 bits per heavy atom. The molecule has 0 unspecified atom stereocenters. The smallest absolute Gasteiger partial charge is 0.252 e. The van der Waals surface area contributed by atoms with Gasteiger partial charge in [0.05, 0.1) is 29.7 Å². The van der Waals surface area contributed by atoms with E-state index in [9.17, 15) is 17.6 Å². The number of methoxy groups -OCH3 is 1. The van der Waals surface area contributed by atoms with Crippen molar-refractivity contribution in [1.29, 1.82) is 0 Å². The van der Waals surface area contributed by atoms with Crippen LogP contribution in [0.4, 0.5) is 4.39 Å². The molecule has 0 aliphatic heterocycles. The predicted octanol–water partition coefficient (Wildman–Crippen LogP) is 10.4. The minimum atomic E-state index is -4.05. The molecule has 0 aliphatic rings. The Balaban J connectivity index is 1.17. The van der Waals surface area contributed by atoms with Gasteiger partial charge in [-0.05, 0) is 82.9 Å². The van der Waals surface area contributed by atoms with Crippen LogP contribution in [0.2, 0.25) is 0 Å². The minimum Gasteiger partial charge on any atom is -0.497 e. The highest BCUT2D eigenvalue weighted by molar-refractivity contribution is 7.91. The Labute approximate surface area is 362 Å². The third-order valence-corrected chi connectivity index (χ3v) is 14.3. The lowest BCUT2D eigenvalue weighted by molar-refractivity contribution is 0.0972. The third kappa shape index (κ3) is 7.38. The molecule has 0 fully saturated rings. The second-order valence-electron chi connectivity index (χ2n) is 14.6. The lowest BCUT2D eigenvalue weighted by Crippen LogP contribution is -2.38. The van der Waals surface area contributed by atoms with Crippen molar-refractivity contribution in [2.45, 2.75) is 9.75 Å². The number of carbonyl (C=O) groups excluding carboxylic acids is 1. The van der Waals surface area contributed by atoms with Gasteiger partial charge in [-0.3, -0.25) is 9.48 Å². The van der Waals surface area contributed by atoms with Crippen molar-refractivity contribution < 1.29 is 22.3 Å². The summed E-state index contributed by atoms with van der Waals surface area (Å²) in [5, 5.41) is 6.10. The topological polar surface area (TPSA) is 107 Å². The van der Waals surface area contributed by atoms with Gasteiger partial charge in [0.25, 0.3) is 10.0 Å². The van der Waals surface area contributed by atoms with E-state index in [4.69, 9.17) is 9.84 Å². The molecule has 0 atom stereocenters. The molecule has 9 aromatic rings. The van der Waals surface area contributed by atoms with Gasteiger partial charge < -0.3 is 4.74 Å². The van der Waals surface area contributed by atoms with Gasteiger partial charge in [-0.1, -0.05) is 109 Å². The Morgan fingerprint density at radius 3 is 1.98 bits per heavy atom. The number of nitrogens with zero attached hydrogens (tertiary/aromatic N) is 5. The van der Waals surface area contributed by atoms with E-state index < -0.39 is 15.6 Å². The number of ketones is 1. The first-order chi connectivity index (χ1) is 30.2. The Morgan fingerprint density at radius 1 is 0.726 bits per heavy atom. The molecule has 12 heteroatoms. The summed E-state index contributed by atoms with van der Waals surface area (Å²) in [5.41, 5.74) is 6.51. The Bertz CT molecular complexity index is 3060. The highest BCUT2D eigenvalue weighted by Gasteiger charge is 2.40. The summed E-state index contributed by atoms with van der Waals surface area (Å²) in [6, 6.07) is 52.8. The zero-order chi connectivity index (χ0) is 42.8. The van der Waals surface area contributed by atoms with E-state index >= 15 is 0 Å². The van der Waals surface area contributed by atoms with Crippen LogP contribution in [-0.2, 0) is 15.6 Å². The maximum Gasteiger partial charge on any atom is 0.252 e. The van der Waals surface area contributed by atoms with Crippen LogP contribution in [-0.4, -0.2) is 59.0 Å². The number of benzene rings is 6. The number of Topliss-reactive ketones (excluding diaryl/α,β-unsaturated/α-hetero) is 1. The first kappa shape index (κ1) is 40.3. The number of thiophene rings is 1. The van der Waals surface area contributed by atoms with Crippen LogP contribution in [0.3, 0.4) is 0 Å². The molecule has 0 aliphatic carbocycles. The zero-order valence-electron chi connectivity index (χ0n) is 33.6. The zero-order valence-corrected chi connectivity index (χ0v) is 35.2. The molecule has 306 valence electrons. The maximum absolute atomic E-state index is 14.4. The molecular weight excluding hydrogens is 818 g/mol. The lowest BCUT2D eigenvalue weighted by atomic mass is 9.77. The summed E-state index contributed by atoms with van der Waals surface area (Å²) >= 11 is 1.07. The van der Waals surface area contributed by atoms with E-state index in [1.165, 1.54) is 38.7 Å². The number of rotatable bonds is 13. The van der Waals surface area contributed by atoms with Crippen LogP contribution in [0.15, 0.2) is 187 Å². The van der Waals surface area contributed by atoms with Crippen molar-refractivity contribution >= 4 is 38.0 Å². The molecule has 0 N–H and O–H groups in total. The van der Waals surface area contributed by atoms with Crippen molar-refractivity contribution in [2.24, 2.45) is 0 Å². The van der Waals surface area contributed by atoms with Crippen molar-refractivity contribution in [3.8, 4) is 38.7 Å². The van der Waals surface area contributed by atoms with Crippen molar-refractivity contribution in [2.75, 3.05) is 20.7 Å². The number of fused-ring (bicyclic) bond motifs is 1. The molecule has 0 saturated heterocycles. The molecule has 3 aromatic heterocycles. The fourth-order valence-corrected chi connectivity index (χ4v) is 10.5. The Hall–Kier alpha value is -7.12. The van der Waals surface area contributed by atoms with Gasteiger partial charge >= 0.3 is 0 Å². The van der Waals surface area contributed by atoms with E-state index in [0.29, 0.717) is 38.5 Å². The second kappa shape index (κ2) is 16.7. The fourth-order valence-electron chi connectivity index (χ4n) is 7.85. The Kier molecular flexibility index (Phi) is 10.9. The molecule has 0 saturated carbocycles. The fraction of sp³-hybridized carbons (Fsp3) is 0.0800. The van der Waals surface area contributed by atoms with Crippen LogP contribution < -0.4 is 4.74 Å². The largest absolute Gasteiger partial charge is 0.497 e. The van der Waals surface area contributed by atoms with Gasteiger partial charge in [0, 0.05) is 35.3 Å². The molecule has 0 amide bonds. The maximum atomic E-state index is 14.4. The standard InChI is InChI=1S/C50H38FN5O4S2/c1-55(32-45(57)36-13-12-20-41(29-36)60-2)62(58,59)47-28-27-46(61-47)49-42-30-35(23-26-44(42)52-33-53-49)43-31-56(54-48(43)34-21-24-40(51)25-22-34)50(37-14-6-3-7-15-37,38-16-8-4-9-17-38)39-18-10-5-11-19-39/h3-31,33H,32H2,1-2H3. The highest BCUT2D eigenvalue weighted by atomic mass is 32.2. The number of likely N-dealkylation sites (N-methyl/N-ethyl adjacent to an activating group) is 1. The summed E-state index contributed by atoms with van der Waals surface area (Å²) in [6.07, 6.45) is 3.49. The number of halogens is 1. The van der Waals surface area contributed by atoms with E-state index in [1.54, 1.807) is 42.5 Å². The predicted molar refractivity (Wildman–Crippen MR) is 241 cm³/mol. The van der Waals surface area contributed by atoms with Gasteiger partial charge in [0.1, 0.15) is 33.3 Å². The van der Waals surface area contributed by atoms with Crippen molar-refractivity contribution in [3.05, 3.63) is 210 Å². The normalized spacial score (nSPS) is 11.9. The first-order valence-corrected chi connectivity index (χ1v) is 21.9. The molecule has 9 nitrogen and oxygen atoms in total. The van der Waals surface area contributed by atoms with Crippen LogP contribution in [0, 0.1) is 5.82 Å². The average molecular weight is 856 g/mol. The van der Waals surface area contributed by atoms with Crippen molar-refractivity contribution in [3.63, 3.8) is 0 Å². The van der Waals surface area contributed by atoms with Gasteiger partial charge in [0.15, 0.2) is 5.78 Å². The van der Waals surface area contributed by atoms with E-state index in [-0.39, 0.29) is 22.4 Å². The SMILES string of the molecule is COc1cccc(C(=O)CN(C)S(=O)(=O)c2ccc(-c3ncnc4ccc(-c5cn(C(c6ccccc6)(c6ccccc6)c6ccccc6)nc5-c5ccc(F)cc5)cc34)s2)c1. The van der Waals surface area contributed by atoms with Crippen LogP contribution in [0.25, 0.3) is 43.9 Å². The minimum absolute atomic E-state index is 0.0651. The number of carbonyl (C=O) groups is 1. The molecule has 6 aromatic carbocycles. The number of sulfonamides is 1. The molecule has 0 bridgehead atoms. The second-order valence-corrected chi connectivity index (χ2v) is 18.0. The molecule has 62 heavy (non-hydrogen) atoms. The van der Waals surface area contributed by atoms with Crippen molar-refractivity contribution in [1.82, 2.24) is 24.1 Å². The summed E-state index contributed by atoms with van der Waals surface area (Å²) < 4.78 is 50.5. The van der Waals surface area contributed by atoms with Gasteiger partial charge in [0.2, 0.25) is 0 Å². The monoisotopic (exact) mass is 855 g/mol. The molecule has 0 radical (unpaired) electrons. The van der Waals surface area contributed by atoms with Crippen LogP contribution in [0.5, 0.6) is 5.75 Å². The third-order valence-electron chi connectivity index (χ3n) is 10.9. The van der Waals surface area contributed by atoms with Crippen LogP contribution >= 0.6 is 11.3 Å². The summed E-state index contributed by atoms with van der Waals surface area (Å²) in [5.74, 6) is -0.218. The van der Waals surface area contributed by atoms with Gasteiger partial charge in [-0.2, -0.15) is 9.40 Å². The van der Waals surface area contributed by atoms with E-state index in [2.05, 4.69) is 46.4 Å². The number of aromatic nitrogens is 4. The van der Waals surface area contributed by atoms with E-state index in [1.807, 2.05) is 83.7 Å². The average Bonchev–Trinajstić information content (AvgIpc) is 4.00. The summed E-state index contributed by atoms with van der Waals surface area (Å²) in [7, 11) is -1.16. The van der Waals surface area contributed by atoms with E-state index in [0.717, 1.165) is 49.0 Å². The number of ether oxygens (including phenoxy) is 1. The molecule has 3 heterocycles. The number of hydrogen-bond donors (Lipinski definition) is 0. The first-order valence-electron chi connectivity index (χ1n) is 19.7. The molecule has 0 spiro atoms. The van der Waals surface area contributed by atoms with Gasteiger partial charge in [-0.15, -0.1) is 11.3 Å². The number of hydrogen-bond acceptors (Lipinski definition) is 8. The molecular formula is C50H38FN5O4S2. The highest BCUT2D eigenvalue weighted by Crippen LogP contribution is 2.44. The van der Waals surface area contributed by atoms with Crippen LogP contribution in [0.1, 0.15) is 27.0 Å².